The largest absolute Gasteiger partial charge is 0.395 e. The molecule has 0 spiro atoms. The molecule has 190 valence electrons. The minimum atomic E-state index is -0.304. The van der Waals surface area contributed by atoms with Crippen molar-refractivity contribution in [3.63, 3.8) is 0 Å². The fourth-order valence-electron chi connectivity index (χ4n) is 4.77. The maximum atomic E-state index is 9.86. The summed E-state index contributed by atoms with van der Waals surface area (Å²) >= 11 is 0. The molecule has 2 aromatic heterocycles. The van der Waals surface area contributed by atoms with Crippen LogP contribution in [0.25, 0.3) is 11.3 Å². The number of nitrogens with one attached hydrogen (secondary N) is 1. The lowest BCUT2D eigenvalue weighted by atomic mass is 9.80. The molecule has 4 heterocycles. The van der Waals surface area contributed by atoms with Crippen LogP contribution in [0.2, 0.25) is 0 Å². The lowest BCUT2D eigenvalue weighted by molar-refractivity contribution is -0.188. The molecule has 2 aliphatic rings. The number of aromatic nitrogens is 3. The van der Waals surface area contributed by atoms with Crippen molar-refractivity contribution in [2.45, 2.75) is 58.0 Å². The lowest BCUT2D eigenvalue weighted by Gasteiger charge is -2.30. The molecule has 0 saturated carbocycles. The van der Waals surface area contributed by atoms with Crippen LogP contribution in [0.5, 0.6) is 0 Å². The van der Waals surface area contributed by atoms with Crippen LogP contribution in [0.1, 0.15) is 62.2 Å². The smallest absolute Gasteiger partial charge is 0.167 e. The number of piperidine rings is 1. The Bertz CT molecular complexity index is 1180. The van der Waals surface area contributed by atoms with Gasteiger partial charge in [0.05, 0.1) is 18.6 Å². The average molecular weight is 491 g/mol. The Hall–Kier alpha value is -2.96. The van der Waals surface area contributed by atoms with E-state index in [2.05, 4.69) is 27.3 Å². The van der Waals surface area contributed by atoms with Crippen molar-refractivity contribution in [2.24, 2.45) is 5.41 Å². The molecule has 3 aromatic rings. The molecule has 5 rings (SSSR count). The van der Waals surface area contributed by atoms with E-state index in [1.807, 2.05) is 48.0 Å². The Morgan fingerprint density at radius 2 is 2.08 bits per heavy atom. The SMILES string of the molecule is CC(OC1CCCCO1)c1nccn1Cc1cc(-c2ccc(C#CC3(CO)CCNCC3)cc2)on1. The van der Waals surface area contributed by atoms with Gasteiger partial charge in [0, 0.05) is 36.2 Å². The van der Waals surface area contributed by atoms with Crippen molar-refractivity contribution < 1.29 is 19.1 Å². The average Bonchev–Trinajstić information content (AvgIpc) is 3.59. The minimum absolute atomic E-state index is 0.0957. The summed E-state index contributed by atoms with van der Waals surface area (Å²) in [6.07, 6.45) is 8.24. The molecule has 2 atom stereocenters. The summed E-state index contributed by atoms with van der Waals surface area (Å²) in [5.74, 6) is 8.12. The summed E-state index contributed by atoms with van der Waals surface area (Å²) < 4.78 is 19.5. The first-order valence-electron chi connectivity index (χ1n) is 12.8. The van der Waals surface area contributed by atoms with Crippen molar-refractivity contribution in [3.8, 4) is 23.2 Å². The van der Waals surface area contributed by atoms with E-state index in [1.165, 1.54) is 0 Å². The van der Waals surface area contributed by atoms with E-state index in [9.17, 15) is 5.11 Å². The highest BCUT2D eigenvalue weighted by molar-refractivity contribution is 5.59. The van der Waals surface area contributed by atoms with Gasteiger partial charge in [-0.15, -0.1) is 0 Å². The number of rotatable bonds is 7. The number of aliphatic hydroxyl groups is 1. The van der Waals surface area contributed by atoms with E-state index in [-0.39, 0.29) is 24.4 Å². The molecule has 36 heavy (non-hydrogen) atoms. The van der Waals surface area contributed by atoms with Crippen LogP contribution < -0.4 is 5.32 Å². The number of nitrogens with zero attached hydrogens (tertiary/aromatic N) is 3. The van der Waals surface area contributed by atoms with E-state index in [0.29, 0.717) is 12.3 Å². The molecule has 2 aliphatic heterocycles. The van der Waals surface area contributed by atoms with E-state index in [1.54, 1.807) is 6.20 Å². The second kappa shape index (κ2) is 11.4. The molecular formula is C28H34N4O4. The fourth-order valence-corrected chi connectivity index (χ4v) is 4.77. The van der Waals surface area contributed by atoms with E-state index < -0.39 is 0 Å². The predicted octanol–water partition coefficient (Wildman–Crippen LogP) is 3.90. The number of ether oxygens (including phenoxy) is 2. The van der Waals surface area contributed by atoms with Crippen LogP contribution in [0.4, 0.5) is 0 Å². The van der Waals surface area contributed by atoms with Gasteiger partial charge >= 0.3 is 0 Å². The zero-order valence-corrected chi connectivity index (χ0v) is 20.8. The monoisotopic (exact) mass is 490 g/mol. The first-order valence-corrected chi connectivity index (χ1v) is 12.8. The summed E-state index contributed by atoms with van der Waals surface area (Å²) in [7, 11) is 0. The maximum absolute atomic E-state index is 9.86. The zero-order chi connectivity index (χ0) is 24.8. The molecule has 1 aromatic carbocycles. The van der Waals surface area contributed by atoms with Crippen LogP contribution in [-0.2, 0) is 16.0 Å². The summed E-state index contributed by atoms with van der Waals surface area (Å²) in [6.45, 7) is 5.18. The summed E-state index contributed by atoms with van der Waals surface area (Å²) in [5.41, 5.74) is 2.37. The third-order valence-electron chi connectivity index (χ3n) is 7.00. The molecular weight excluding hydrogens is 456 g/mol. The van der Waals surface area contributed by atoms with Gasteiger partial charge in [-0.1, -0.05) is 17.0 Å². The van der Waals surface area contributed by atoms with E-state index >= 15 is 0 Å². The highest BCUT2D eigenvalue weighted by Crippen LogP contribution is 2.28. The van der Waals surface area contributed by atoms with Gasteiger partial charge in [0.15, 0.2) is 12.1 Å². The summed E-state index contributed by atoms with van der Waals surface area (Å²) in [5, 5.41) is 17.5. The molecule has 2 N–H and O–H groups in total. The predicted molar refractivity (Wildman–Crippen MR) is 135 cm³/mol. The highest BCUT2D eigenvalue weighted by Gasteiger charge is 2.29. The van der Waals surface area contributed by atoms with E-state index in [4.69, 9.17) is 14.0 Å². The molecule has 2 saturated heterocycles. The Labute approximate surface area is 212 Å². The quantitative estimate of drug-likeness (QED) is 0.485. The third-order valence-corrected chi connectivity index (χ3v) is 7.00. The standard InChI is InChI=1S/C28H34N4O4/c1-21(35-26-4-2-3-17-34-26)27-30-15-16-32(27)19-24-18-25(36-31-24)23-7-5-22(6-8-23)9-10-28(20-33)11-13-29-14-12-28/h5-8,15-16,18,21,26,29,33H,2-4,11-14,17,19-20H2,1H3. The van der Waals surface area contributed by atoms with Gasteiger partial charge in [-0.05, 0) is 76.4 Å². The van der Waals surface area contributed by atoms with Crippen LogP contribution in [0.15, 0.2) is 47.2 Å². The molecule has 2 unspecified atom stereocenters. The first kappa shape index (κ1) is 24.7. The van der Waals surface area contributed by atoms with Crippen LogP contribution in [-0.4, -0.2) is 52.4 Å². The molecule has 2 fully saturated rings. The maximum Gasteiger partial charge on any atom is 0.167 e. The highest BCUT2D eigenvalue weighted by atomic mass is 16.7. The Kier molecular flexibility index (Phi) is 7.83. The van der Waals surface area contributed by atoms with Crippen molar-refractivity contribution in [3.05, 3.63) is 59.8 Å². The molecule has 0 bridgehead atoms. The summed E-state index contributed by atoms with van der Waals surface area (Å²) in [6, 6.07) is 9.90. The fraction of sp³-hybridized carbons (Fsp3) is 0.500. The van der Waals surface area contributed by atoms with Gasteiger partial charge in [-0.2, -0.15) is 0 Å². The lowest BCUT2D eigenvalue weighted by Crippen LogP contribution is -2.38. The molecule has 0 aliphatic carbocycles. The number of benzene rings is 1. The Morgan fingerprint density at radius 1 is 1.25 bits per heavy atom. The number of hydrogen-bond acceptors (Lipinski definition) is 7. The topological polar surface area (TPSA) is 94.6 Å². The number of aliphatic hydroxyl groups excluding tert-OH is 1. The van der Waals surface area contributed by atoms with Crippen LogP contribution in [0, 0.1) is 17.3 Å². The molecule has 8 heteroatoms. The molecule has 8 nitrogen and oxygen atoms in total. The van der Waals surface area contributed by atoms with Crippen LogP contribution >= 0.6 is 0 Å². The zero-order valence-electron chi connectivity index (χ0n) is 20.8. The van der Waals surface area contributed by atoms with Crippen molar-refractivity contribution in [2.75, 3.05) is 26.3 Å². The van der Waals surface area contributed by atoms with E-state index in [0.717, 1.165) is 74.4 Å². The van der Waals surface area contributed by atoms with Gasteiger partial charge in [0.1, 0.15) is 17.6 Å². The van der Waals surface area contributed by atoms with Gasteiger partial charge in [0.2, 0.25) is 0 Å². The van der Waals surface area contributed by atoms with Gasteiger partial charge in [-0.3, -0.25) is 0 Å². The van der Waals surface area contributed by atoms with Crippen LogP contribution in [0.3, 0.4) is 0 Å². The van der Waals surface area contributed by atoms with Crippen molar-refractivity contribution >= 4 is 0 Å². The minimum Gasteiger partial charge on any atom is -0.395 e. The van der Waals surface area contributed by atoms with Gasteiger partial charge < -0.3 is 29.0 Å². The third kappa shape index (κ3) is 5.88. The number of hydrogen-bond donors (Lipinski definition) is 2. The second-order valence-corrected chi connectivity index (χ2v) is 9.69. The second-order valence-electron chi connectivity index (χ2n) is 9.69. The molecule has 0 amide bonds. The van der Waals surface area contributed by atoms with Gasteiger partial charge in [0.25, 0.3) is 0 Å². The van der Waals surface area contributed by atoms with Crippen molar-refractivity contribution in [1.82, 2.24) is 20.0 Å². The normalized spacial score (nSPS) is 20.4. The Morgan fingerprint density at radius 3 is 2.83 bits per heavy atom. The number of imidazole rings is 1. The first-order chi connectivity index (χ1) is 17.6. The summed E-state index contributed by atoms with van der Waals surface area (Å²) in [4.78, 5) is 4.51. The van der Waals surface area contributed by atoms with Crippen molar-refractivity contribution in [1.29, 1.82) is 0 Å². The Balaban J connectivity index is 1.23. The molecule has 0 radical (unpaired) electrons. The van der Waals surface area contributed by atoms with Gasteiger partial charge in [-0.25, -0.2) is 4.98 Å².